The summed E-state index contributed by atoms with van der Waals surface area (Å²) in [6, 6.07) is 1.74. The van der Waals surface area contributed by atoms with E-state index in [1.54, 1.807) is 12.3 Å². The van der Waals surface area contributed by atoms with Gasteiger partial charge in [-0.25, -0.2) is 4.98 Å². The van der Waals surface area contributed by atoms with Crippen molar-refractivity contribution >= 4 is 29.0 Å². The summed E-state index contributed by atoms with van der Waals surface area (Å²) < 4.78 is 0. The number of halogens is 2. The molecule has 2 rings (SSSR count). The number of nitrogens with zero attached hydrogens (tertiary/aromatic N) is 3. The number of pyridine rings is 1. The lowest BCUT2D eigenvalue weighted by Crippen LogP contribution is -2.47. The first-order chi connectivity index (χ1) is 8.70. The molecule has 0 aliphatic carbocycles. The molecule has 2 N–H and O–H groups in total. The highest BCUT2D eigenvalue weighted by atomic mass is 35.5. The Labute approximate surface area is 118 Å². The summed E-state index contributed by atoms with van der Waals surface area (Å²) in [5.74, 6) is 0.833. The van der Waals surface area contributed by atoms with E-state index in [-0.39, 0.29) is 0 Å². The van der Waals surface area contributed by atoms with Crippen LogP contribution in [0.5, 0.6) is 0 Å². The molecule has 1 aromatic rings. The fourth-order valence-electron chi connectivity index (χ4n) is 2.14. The van der Waals surface area contributed by atoms with Crippen LogP contribution in [0.3, 0.4) is 0 Å². The Hall–Kier alpha value is -0.550. The molecule has 1 aromatic heterocycles. The lowest BCUT2D eigenvalue weighted by atomic mass is 10.3. The van der Waals surface area contributed by atoms with E-state index in [9.17, 15) is 0 Å². The summed E-state index contributed by atoms with van der Waals surface area (Å²) in [5, 5.41) is 1.20. The monoisotopic (exact) mass is 288 g/mol. The van der Waals surface area contributed by atoms with E-state index >= 15 is 0 Å². The summed E-state index contributed by atoms with van der Waals surface area (Å²) in [7, 11) is 0. The van der Waals surface area contributed by atoms with Crippen molar-refractivity contribution in [3.63, 3.8) is 0 Å². The number of hydrogen-bond donors (Lipinski definition) is 1. The highest BCUT2D eigenvalue weighted by Crippen LogP contribution is 2.26. The van der Waals surface area contributed by atoms with Crippen LogP contribution in [0.1, 0.15) is 6.42 Å². The summed E-state index contributed by atoms with van der Waals surface area (Å²) in [4.78, 5) is 8.94. The minimum atomic E-state index is 0.574. The Balaban J connectivity index is 1.93. The molecule has 1 fully saturated rings. The van der Waals surface area contributed by atoms with E-state index in [4.69, 9.17) is 28.9 Å². The maximum Gasteiger partial charge on any atom is 0.147 e. The molecule has 0 spiro atoms. The van der Waals surface area contributed by atoms with Gasteiger partial charge in [0.15, 0.2) is 0 Å². The van der Waals surface area contributed by atoms with Crippen LogP contribution in [0, 0.1) is 0 Å². The molecule has 0 saturated carbocycles. The molecule has 0 atom stereocenters. The van der Waals surface area contributed by atoms with Crippen molar-refractivity contribution < 1.29 is 0 Å². The molecule has 1 saturated heterocycles. The average molecular weight is 289 g/mol. The molecule has 18 heavy (non-hydrogen) atoms. The molecule has 0 radical (unpaired) electrons. The lowest BCUT2D eigenvalue weighted by molar-refractivity contribution is 0.256. The first-order valence-corrected chi connectivity index (χ1v) is 6.94. The Bertz CT molecular complexity index is 392. The van der Waals surface area contributed by atoms with Gasteiger partial charge in [-0.1, -0.05) is 23.2 Å². The van der Waals surface area contributed by atoms with Gasteiger partial charge in [0.1, 0.15) is 5.82 Å². The van der Waals surface area contributed by atoms with Crippen molar-refractivity contribution in [2.75, 3.05) is 44.2 Å². The van der Waals surface area contributed by atoms with Gasteiger partial charge in [-0.15, -0.1) is 0 Å². The van der Waals surface area contributed by atoms with E-state index in [1.807, 2.05) is 0 Å². The molecule has 1 aliphatic rings. The molecule has 4 nitrogen and oxygen atoms in total. The normalized spacial score (nSPS) is 17.2. The predicted octanol–water partition coefficient (Wildman–Crippen LogP) is 1.86. The Morgan fingerprint density at radius 2 is 1.94 bits per heavy atom. The molecule has 0 amide bonds. The SMILES string of the molecule is NCCCN1CCN(c2ncc(Cl)cc2Cl)CC1. The van der Waals surface area contributed by atoms with Gasteiger partial charge < -0.3 is 10.6 Å². The first kappa shape index (κ1) is 13.9. The summed E-state index contributed by atoms with van der Waals surface area (Å²) in [6.07, 6.45) is 2.70. The van der Waals surface area contributed by atoms with Crippen molar-refractivity contribution in [1.29, 1.82) is 0 Å². The zero-order valence-electron chi connectivity index (χ0n) is 10.3. The van der Waals surface area contributed by atoms with Crippen molar-refractivity contribution in [2.45, 2.75) is 6.42 Å². The Morgan fingerprint density at radius 3 is 2.56 bits per heavy atom. The molecule has 0 aromatic carbocycles. The number of anilines is 1. The third-order valence-electron chi connectivity index (χ3n) is 3.14. The average Bonchev–Trinajstić information content (AvgIpc) is 2.37. The van der Waals surface area contributed by atoms with E-state index in [0.717, 1.165) is 51.5 Å². The van der Waals surface area contributed by atoms with Gasteiger partial charge in [-0.3, -0.25) is 4.90 Å². The third kappa shape index (κ3) is 3.48. The zero-order chi connectivity index (χ0) is 13.0. The predicted molar refractivity (Wildman–Crippen MR) is 76.6 cm³/mol. The topological polar surface area (TPSA) is 45.4 Å². The fraction of sp³-hybridized carbons (Fsp3) is 0.583. The molecule has 0 bridgehead atoms. The van der Waals surface area contributed by atoms with Gasteiger partial charge in [0.2, 0.25) is 0 Å². The molecule has 1 aliphatic heterocycles. The van der Waals surface area contributed by atoms with Crippen molar-refractivity contribution in [3.8, 4) is 0 Å². The van der Waals surface area contributed by atoms with Crippen LogP contribution < -0.4 is 10.6 Å². The Kier molecular flexibility index (Phi) is 5.06. The smallest absolute Gasteiger partial charge is 0.147 e. The van der Waals surface area contributed by atoms with Crippen LogP contribution >= 0.6 is 23.2 Å². The largest absolute Gasteiger partial charge is 0.353 e. The van der Waals surface area contributed by atoms with Crippen LogP contribution in [-0.2, 0) is 0 Å². The van der Waals surface area contributed by atoms with Gasteiger partial charge in [0, 0.05) is 32.4 Å². The van der Waals surface area contributed by atoms with Crippen molar-refractivity contribution in [1.82, 2.24) is 9.88 Å². The molecule has 6 heteroatoms. The molecular weight excluding hydrogens is 271 g/mol. The molecule has 2 heterocycles. The molecule has 0 unspecified atom stereocenters. The first-order valence-electron chi connectivity index (χ1n) is 6.19. The summed E-state index contributed by atoms with van der Waals surface area (Å²) in [5.41, 5.74) is 5.52. The van der Waals surface area contributed by atoms with Gasteiger partial charge in [-0.05, 0) is 25.6 Å². The summed E-state index contributed by atoms with van der Waals surface area (Å²) in [6.45, 7) is 5.77. The van der Waals surface area contributed by atoms with Gasteiger partial charge in [0.05, 0.1) is 10.0 Å². The van der Waals surface area contributed by atoms with Crippen LogP contribution in [0.2, 0.25) is 10.0 Å². The van der Waals surface area contributed by atoms with Crippen molar-refractivity contribution in [2.24, 2.45) is 5.73 Å². The minimum absolute atomic E-state index is 0.574. The lowest BCUT2D eigenvalue weighted by Gasteiger charge is -2.35. The number of hydrogen-bond acceptors (Lipinski definition) is 4. The van der Waals surface area contributed by atoms with Crippen LogP contribution in [0.15, 0.2) is 12.3 Å². The second-order valence-electron chi connectivity index (χ2n) is 4.43. The summed E-state index contributed by atoms with van der Waals surface area (Å²) >= 11 is 12.0. The van der Waals surface area contributed by atoms with E-state index in [2.05, 4.69) is 14.8 Å². The van der Waals surface area contributed by atoms with E-state index < -0.39 is 0 Å². The second kappa shape index (κ2) is 6.57. The number of piperazine rings is 1. The maximum atomic E-state index is 6.16. The zero-order valence-corrected chi connectivity index (χ0v) is 11.8. The number of aromatic nitrogens is 1. The van der Waals surface area contributed by atoms with Crippen molar-refractivity contribution in [3.05, 3.63) is 22.3 Å². The van der Waals surface area contributed by atoms with Gasteiger partial charge in [-0.2, -0.15) is 0 Å². The van der Waals surface area contributed by atoms with E-state index in [1.165, 1.54) is 0 Å². The minimum Gasteiger partial charge on any atom is -0.353 e. The third-order valence-corrected chi connectivity index (χ3v) is 3.62. The Morgan fingerprint density at radius 1 is 1.22 bits per heavy atom. The van der Waals surface area contributed by atoms with Crippen LogP contribution in [0.25, 0.3) is 0 Å². The van der Waals surface area contributed by atoms with Crippen LogP contribution in [0.4, 0.5) is 5.82 Å². The number of rotatable bonds is 4. The standard InChI is InChI=1S/C12H18Cl2N4/c13-10-8-11(14)12(16-9-10)18-6-4-17(5-7-18)3-1-2-15/h8-9H,1-7,15H2. The molecule has 100 valence electrons. The fourth-order valence-corrected chi connectivity index (χ4v) is 2.64. The maximum absolute atomic E-state index is 6.16. The number of nitrogens with two attached hydrogens (primary N) is 1. The molecular formula is C12H18Cl2N4. The quantitative estimate of drug-likeness (QED) is 0.919. The van der Waals surface area contributed by atoms with Crippen LogP contribution in [-0.4, -0.2) is 49.2 Å². The highest BCUT2D eigenvalue weighted by Gasteiger charge is 2.19. The van der Waals surface area contributed by atoms with Gasteiger partial charge >= 0.3 is 0 Å². The van der Waals surface area contributed by atoms with E-state index in [0.29, 0.717) is 10.0 Å². The highest BCUT2D eigenvalue weighted by molar-refractivity contribution is 6.36. The van der Waals surface area contributed by atoms with Gasteiger partial charge in [0.25, 0.3) is 0 Å². The second-order valence-corrected chi connectivity index (χ2v) is 5.27.